The fourth-order valence-electron chi connectivity index (χ4n) is 1.54. The predicted octanol–water partition coefficient (Wildman–Crippen LogP) is 2.13. The molecule has 2 rings (SSSR count). The molecule has 0 saturated heterocycles. The van der Waals surface area contributed by atoms with Crippen LogP contribution in [0.5, 0.6) is 5.75 Å². The Morgan fingerprint density at radius 1 is 1.12 bits per heavy atom. The fraction of sp³-hybridized carbons (Fsp3) is 0.154. The first-order valence-electron chi connectivity index (χ1n) is 5.25. The summed E-state index contributed by atoms with van der Waals surface area (Å²) in [6, 6.07) is 13.3. The monoisotopic (exact) mass is 215 g/mol. The second-order valence-corrected chi connectivity index (χ2v) is 3.73. The molecule has 0 bridgehead atoms. The van der Waals surface area contributed by atoms with Gasteiger partial charge in [0.05, 0.1) is 5.69 Å². The van der Waals surface area contributed by atoms with E-state index in [9.17, 15) is 5.11 Å². The zero-order chi connectivity index (χ0) is 11.4. The molecule has 0 unspecified atom stereocenters. The zero-order valence-electron chi connectivity index (χ0n) is 9.20. The van der Waals surface area contributed by atoms with E-state index in [0.29, 0.717) is 12.3 Å². The number of nitrogens with one attached hydrogen (secondary N) is 2. The zero-order valence-corrected chi connectivity index (χ0v) is 9.20. The van der Waals surface area contributed by atoms with E-state index >= 15 is 0 Å². The van der Waals surface area contributed by atoms with Gasteiger partial charge in [0.25, 0.3) is 5.82 Å². The normalized spacial score (nSPS) is 10.1. The summed E-state index contributed by atoms with van der Waals surface area (Å²) in [6.07, 6.45) is 0. The minimum Gasteiger partial charge on any atom is -0.508 e. The van der Waals surface area contributed by atoms with Crippen molar-refractivity contribution in [1.82, 2.24) is 0 Å². The topological polar surface area (TPSA) is 46.4 Å². The molecule has 2 aromatic rings. The van der Waals surface area contributed by atoms with Gasteiger partial charge in [-0.1, -0.05) is 24.3 Å². The summed E-state index contributed by atoms with van der Waals surface area (Å²) in [7, 11) is 0. The number of benzene rings is 1. The minimum atomic E-state index is 0.322. The third kappa shape index (κ3) is 2.51. The number of rotatable bonds is 3. The Morgan fingerprint density at radius 2 is 1.94 bits per heavy atom. The fourth-order valence-corrected chi connectivity index (χ4v) is 1.54. The molecule has 3 heteroatoms. The summed E-state index contributed by atoms with van der Waals surface area (Å²) >= 11 is 0. The summed E-state index contributed by atoms with van der Waals surface area (Å²) in [5.41, 5.74) is 1.99. The molecule has 1 aromatic carbocycles. The van der Waals surface area contributed by atoms with Gasteiger partial charge in [-0.15, -0.1) is 0 Å². The van der Waals surface area contributed by atoms with Gasteiger partial charge in [-0.2, -0.15) is 0 Å². The number of aromatic nitrogens is 1. The van der Waals surface area contributed by atoms with Crippen LogP contribution in [0.25, 0.3) is 0 Å². The Labute approximate surface area is 94.8 Å². The SMILES string of the molecule is Cc1cccc(NCc2ccccc2O)[nH+]1. The molecule has 0 aliphatic rings. The van der Waals surface area contributed by atoms with E-state index in [2.05, 4.69) is 10.3 Å². The van der Waals surface area contributed by atoms with Gasteiger partial charge in [0.2, 0.25) is 0 Å². The average molecular weight is 215 g/mol. The maximum absolute atomic E-state index is 9.59. The smallest absolute Gasteiger partial charge is 0.272 e. The van der Waals surface area contributed by atoms with Crippen molar-refractivity contribution in [2.45, 2.75) is 13.5 Å². The molecule has 0 fully saturated rings. The second-order valence-electron chi connectivity index (χ2n) is 3.73. The molecule has 0 spiro atoms. The molecule has 0 aliphatic heterocycles. The number of para-hydroxylation sites is 1. The van der Waals surface area contributed by atoms with Gasteiger partial charge in [-0.05, 0) is 19.1 Å². The predicted molar refractivity (Wildman–Crippen MR) is 63.2 cm³/mol. The molecule has 82 valence electrons. The van der Waals surface area contributed by atoms with Crippen LogP contribution in [0, 0.1) is 6.92 Å². The maximum Gasteiger partial charge on any atom is 0.272 e. The van der Waals surface area contributed by atoms with Gasteiger partial charge >= 0.3 is 0 Å². The van der Waals surface area contributed by atoms with Crippen LogP contribution in [-0.2, 0) is 6.54 Å². The molecule has 0 radical (unpaired) electrons. The van der Waals surface area contributed by atoms with Crippen LogP contribution in [0.1, 0.15) is 11.3 Å². The van der Waals surface area contributed by atoms with Crippen molar-refractivity contribution < 1.29 is 10.1 Å². The third-order valence-electron chi connectivity index (χ3n) is 2.40. The van der Waals surface area contributed by atoms with Gasteiger partial charge in [-0.25, -0.2) is 4.98 Å². The molecule has 16 heavy (non-hydrogen) atoms. The Hall–Kier alpha value is -2.03. The number of hydrogen-bond donors (Lipinski definition) is 2. The van der Waals surface area contributed by atoms with E-state index in [0.717, 1.165) is 17.1 Å². The molecule has 3 nitrogen and oxygen atoms in total. The van der Waals surface area contributed by atoms with E-state index in [1.54, 1.807) is 6.07 Å². The number of hydrogen-bond acceptors (Lipinski definition) is 2. The number of aromatic amines is 1. The van der Waals surface area contributed by atoms with Gasteiger partial charge in [0, 0.05) is 11.6 Å². The van der Waals surface area contributed by atoms with E-state index in [-0.39, 0.29) is 0 Å². The van der Waals surface area contributed by atoms with E-state index in [1.165, 1.54) is 0 Å². The van der Waals surface area contributed by atoms with E-state index in [4.69, 9.17) is 0 Å². The summed E-state index contributed by atoms with van der Waals surface area (Å²) in [5.74, 6) is 1.27. The summed E-state index contributed by atoms with van der Waals surface area (Å²) < 4.78 is 0. The standard InChI is InChI=1S/C13H14N2O/c1-10-5-4-8-13(15-10)14-9-11-6-2-3-7-12(11)16/h2-8,16H,9H2,1H3,(H,14,15)/p+1. The molecule has 0 atom stereocenters. The van der Waals surface area contributed by atoms with Crippen molar-refractivity contribution in [2.24, 2.45) is 0 Å². The van der Waals surface area contributed by atoms with Crippen molar-refractivity contribution in [3.05, 3.63) is 53.7 Å². The molecule has 0 amide bonds. The van der Waals surface area contributed by atoms with Crippen LogP contribution in [0.15, 0.2) is 42.5 Å². The lowest BCUT2D eigenvalue weighted by Gasteiger charge is -2.02. The first-order valence-corrected chi connectivity index (χ1v) is 5.25. The lowest BCUT2D eigenvalue weighted by atomic mass is 10.2. The van der Waals surface area contributed by atoms with Crippen molar-refractivity contribution in [3.8, 4) is 5.75 Å². The van der Waals surface area contributed by atoms with Crippen LogP contribution in [0.3, 0.4) is 0 Å². The van der Waals surface area contributed by atoms with Crippen LogP contribution in [-0.4, -0.2) is 5.11 Å². The van der Waals surface area contributed by atoms with Crippen molar-refractivity contribution in [2.75, 3.05) is 5.32 Å². The highest BCUT2D eigenvalue weighted by Gasteiger charge is 2.04. The number of aryl methyl sites for hydroxylation is 1. The molecule has 3 N–H and O–H groups in total. The van der Waals surface area contributed by atoms with Gasteiger partial charge in [-0.3, -0.25) is 5.32 Å². The molecular formula is C13H15N2O+. The number of phenolic OH excluding ortho intramolecular Hbond substituents is 1. The Bertz CT molecular complexity index is 483. The minimum absolute atomic E-state index is 0.322. The van der Waals surface area contributed by atoms with Gasteiger partial charge < -0.3 is 5.11 Å². The van der Waals surface area contributed by atoms with Crippen molar-refractivity contribution in [1.29, 1.82) is 0 Å². The Balaban J connectivity index is 2.05. The van der Waals surface area contributed by atoms with Gasteiger partial charge in [0.1, 0.15) is 12.3 Å². The molecule has 1 heterocycles. The molecule has 1 aromatic heterocycles. The summed E-state index contributed by atoms with van der Waals surface area (Å²) in [5, 5.41) is 12.8. The van der Waals surface area contributed by atoms with Crippen LogP contribution >= 0.6 is 0 Å². The van der Waals surface area contributed by atoms with Crippen LogP contribution < -0.4 is 10.3 Å². The highest BCUT2D eigenvalue weighted by molar-refractivity contribution is 5.36. The number of phenols is 1. The summed E-state index contributed by atoms with van der Waals surface area (Å²) in [4.78, 5) is 3.20. The molecule has 0 saturated carbocycles. The van der Waals surface area contributed by atoms with Crippen molar-refractivity contribution in [3.63, 3.8) is 0 Å². The third-order valence-corrected chi connectivity index (χ3v) is 2.40. The lowest BCUT2D eigenvalue weighted by molar-refractivity contribution is -0.371. The number of anilines is 1. The maximum atomic E-state index is 9.59. The van der Waals surface area contributed by atoms with Crippen LogP contribution in [0.4, 0.5) is 5.82 Å². The highest BCUT2D eigenvalue weighted by Crippen LogP contribution is 2.16. The van der Waals surface area contributed by atoms with Crippen molar-refractivity contribution >= 4 is 5.82 Å². The quantitative estimate of drug-likeness (QED) is 0.823. The lowest BCUT2D eigenvalue weighted by Crippen LogP contribution is -2.15. The first-order chi connectivity index (χ1) is 7.75. The first kappa shape index (κ1) is 10.5. The summed E-state index contributed by atoms with van der Waals surface area (Å²) in [6.45, 7) is 2.61. The second kappa shape index (κ2) is 4.66. The Kier molecular flexibility index (Phi) is 3.05. The number of pyridine rings is 1. The average Bonchev–Trinajstić information content (AvgIpc) is 2.28. The van der Waals surface area contributed by atoms with E-state index in [1.807, 2.05) is 43.3 Å². The Morgan fingerprint density at radius 3 is 2.69 bits per heavy atom. The molecular weight excluding hydrogens is 200 g/mol. The largest absolute Gasteiger partial charge is 0.508 e. The van der Waals surface area contributed by atoms with Gasteiger partial charge in [0.15, 0.2) is 0 Å². The molecule has 0 aliphatic carbocycles. The van der Waals surface area contributed by atoms with Crippen LogP contribution in [0.2, 0.25) is 0 Å². The van der Waals surface area contributed by atoms with E-state index < -0.39 is 0 Å². The number of H-pyrrole nitrogens is 1. The number of aromatic hydroxyl groups is 1. The highest BCUT2D eigenvalue weighted by atomic mass is 16.3.